The zero-order valence-electron chi connectivity index (χ0n) is 16.2. The molecule has 1 heterocycles. The number of aryl methyl sites for hydroxylation is 1. The average Bonchev–Trinajstić information content (AvgIpc) is 2.73. The molecule has 0 amide bonds. The van der Waals surface area contributed by atoms with E-state index in [1.165, 1.54) is 25.3 Å². The molecule has 3 rings (SSSR count). The number of benzene rings is 2. The first-order chi connectivity index (χ1) is 14.4. The Morgan fingerprint density at radius 3 is 2.57 bits per heavy atom. The van der Waals surface area contributed by atoms with E-state index in [1.807, 2.05) is 30.3 Å². The Bertz CT molecular complexity index is 1210. The smallest absolute Gasteiger partial charge is 0.331 e. The minimum absolute atomic E-state index is 0.0550. The molecule has 0 aliphatic heterocycles. The molecule has 0 atom stereocenters. The number of aromatic hydroxyl groups is 2. The summed E-state index contributed by atoms with van der Waals surface area (Å²) in [6, 6.07) is 13.8. The summed E-state index contributed by atoms with van der Waals surface area (Å²) in [5.74, 6) is -1.29. The first kappa shape index (κ1) is 20.7. The van der Waals surface area contributed by atoms with Crippen molar-refractivity contribution in [3.63, 3.8) is 0 Å². The van der Waals surface area contributed by atoms with Crippen LogP contribution in [0.4, 0.5) is 0 Å². The molecule has 2 aromatic carbocycles. The van der Waals surface area contributed by atoms with Gasteiger partial charge in [-0.05, 0) is 35.8 Å². The number of rotatable bonds is 7. The molecule has 3 aromatic rings. The van der Waals surface area contributed by atoms with E-state index in [0.717, 1.165) is 16.2 Å². The van der Waals surface area contributed by atoms with E-state index in [4.69, 9.17) is 4.74 Å². The third kappa shape index (κ3) is 4.49. The van der Waals surface area contributed by atoms with Gasteiger partial charge in [0.15, 0.2) is 17.3 Å². The van der Waals surface area contributed by atoms with Crippen molar-refractivity contribution >= 4 is 11.9 Å². The van der Waals surface area contributed by atoms with Gasteiger partial charge in [-0.1, -0.05) is 42.5 Å². The van der Waals surface area contributed by atoms with E-state index in [0.29, 0.717) is 12.0 Å². The zero-order chi connectivity index (χ0) is 21.7. The maximum absolute atomic E-state index is 12.6. The second kappa shape index (κ2) is 8.95. The lowest BCUT2D eigenvalue weighted by atomic mass is 10.1. The molecule has 0 fully saturated rings. The fourth-order valence-corrected chi connectivity index (χ4v) is 2.93. The number of H-pyrrole nitrogens is 1. The number of hydrogen-bond acceptors (Lipinski definition) is 6. The van der Waals surface area contributed by atoms with Crippen molar-refractivity contribution in [1.29, 1.82) is 0 Å². The van der Waals surface area contributed by atoms with E-state index in [1.54, 1.807) is 6.07 Å². The van der Waals surface area contributed by atoms with Crippen molar-refractivity contribution in [2.24, 2.45) is 0 Å². The van der Waals surface area contributed by atoms with Crippen molar-refractivity contribution in [3.8, 4) is 17.4 Å². The number of ether oxygens (including phenoxy) is 1. The molecule has 0 aliphatic rings. The van der Waals surface area contributed by atoms with Crippen molar-refractivity contribution in [1.82, 2.24) is 9.55 Å². The minimum Gasteiger partial charge on any atom is -0.504 e. The summed E-state index contributed by atoms with van der Waals surface area (Å²) in [6.07, 6.45) is 2.93. The highest BCUT2D eigenvalue weighted by molar-refractivity contribution is 6.08. The number of methoxy groups -OCH3 is 1. The highest BCUT2D eigenvalue weighted by Gasteiger charge is 2.19. The Morgan fingerprint density at radius 2 is 1.87 bits per heavy atom. The Balaban J connectivity index is 1.88. The maximum Gasteiger partial charge on any atom is 0.331 e. The fraction of sp³-hybridized carbons (Fsp3) is 0.136. The molecule has 0 saturated carbocycles. The van der Waals surface area contributed by atoms with Gasteiger partial charge in [-0.2, -0.15) is 0 Å². The lowest BCUT2D eigenvalue weighted by Gasteiger charge is -2.10. The Hall–Kier alpha value is -4.07. The van der Waals surface area contributed by atoms with Gasteiger partial charge in [-0.25, -0.2) is 4.79 Å². The van der Waals surface area contributed by atoms with E-state index < -0.39 is 28.5 Å². The molecular formula is C22H20N2O6. The molecule has 30 heavy (non-hydrogen) atoms. The van der Waals surface area contributed by atoms with Crippen LogP contribution in [0.15, 0.2) is 64.2 Å². The quantitative estimate of drug-likeness (QED) is 0.407. The van der Waals surface area contributed by atoms with Crippen molar-refractivity contribution in [3.05, 3.63) is 92.1 Å². The first-order valence-corrected chi connectivity index (χ1v) is 9.10. The van der Waals surface area contributed by atoms with Crippen molar-refractivity contribution in [2.75, 3.05) is 7.11 Å². The molecule has 8 nitrogen and oxygen atoms in total. The maximum atomic E-state index is 12.6. The van der Waals surface area contributed by atoms with Crippen molar-refractivity contribution in [2.45, 2.75) is 13.0 Å². The number of hydrogen-bond donors (Lipinski definition) is 3. The Labute approximate surface area is 171 Å². The molecule has 8 heteroatoms. The van der Waals surface area contributed by atoms with Crippen LogP contribution in [-0.4, -0.2) is 32.7 Å². The highest BCUT2D eigenvalue weighted by Crippen LogP contribution is 2.26. The summed E-state index contributed by atoms with van der Waals surface area (Å²) in [6.45, 7) is 0.0879. The average molecular weight is 408 g/mol. The zero-order valence-corrected chi connectivity index (χ0v) is 16.2. The van der Waals surface area contributed by atoms with E-state index >= 15 is 0 Å². The van der Waals surface area contributed by atoms with Gasteiger partial charge in [0.05, 0.1) is 7.11 Å². The van der Waals surface area contributed by atoms with Crippen LogP contribution >= 0.6 is 0 Å². The van der Waals surface area contributed by atoms with Crippen LogP contribution in [0.3, 0.4) is 0 Å². The molecule has 0 unspecified atom stereocenters. The predicted octanol–water partition coefficient (Wildman–Crippen LogP) is 2.10. The van der Waals surface area contributed by atoms with Crippen molar-refractivity contribution < 1.29 is 19.7 Å². The second-order valence-electron chi connectivity index (χ2n) is 6.47. The van der Waals surface area contributed by atoms with Crippen LogP contribution in [0.5, 0.6) is 17.4 Å². The number of ketones is 1. The Morgan fingerprint density at radius 1 is 1.13 bits per heavy atom. The van der Waals surface area contributed by atoms with Gasteiger partial charge in [0, 0.05) is 6.54 Å². The summed E-state index contributed by atoms with van der Waals surface area (Å²) in [7, 11) is 1.39. The minimum atomic E-state index is -0.966. The number of aromatic nitrogens is 2. The monoisotopic (exact) mass is 408 g/mol. The third-order valence-corrected chi connectivity index (χ3v) is 4.52. The van der Waals surface area contributed by atoms with Gasteiger partial charge in [0.25, 0.3) is 5.56 Å². The van der Waals surface area contributed by atoms with Gasteiger partial charge in [-0.15, -0.1) is 0 Å². The number of aromatic amines is 1. The number of carbonyl (C=O) groups is 1. The molecule has 154 valence electrons. The van der Waals surface area contributed by atoms with Gasteiger partial charge >= 0.3 is 5.69 Å². The molecule has 0 aliphatic carbocycles. The highest BCUT2D eigenvalue weighted by atomic mass is 16.5. The number of phenolic OH excluding ortho intramolecular Hbond substituents is 1. The molecule has 0 radical (unpaired) electrons. The van der Waals surface area contributed by atoms with E-state index in [-0.39, 0.29) is 18.0 Å². The van der Waals surface area contributed by atoms with Gasteiger partial charge < -0.3 is 14.9 Å². The molecular weight excluding hydrogens is 388 g/mol. The Kier molecular flexibility index (Phi) is 6.17. The molecule has 0 saturated heterocycles. The predicted molar refractivity (Wildman–Crippen MR) is 111 cm³/mol. The van der Waals surface area contributed by atoms with Gasteiger partial charge in [0.1, 0.15) is 5.56 Å². The topological polar surface area (TPSA) is 122 Å². The molecule has 0 spiro atoms. The fourth-order valence-electron chi connectivity index (χ4n) is 2.93. The largest absolute Gasteiger partial charge is 0.504 e. The van der Waals surface area contributed by atoms with Crippen LogP contribution < -0.4 is 16.0 Å². The summed E-state index contributed by atoms with van der Waals surface area (Å²) in [4.78, 5) is 38.9. The first-order valence-electron chi connectivity index (χ1n) is 9.10. The summed E-state index contributed by atoms with van der Waals surface area (Å²) >= 11 is 0. The normalized spacial score (nSPS) is 11.0. The summed E-state index contributed by atoms with van der Waals surface area (Å²) in [5, 5.41) is 20.1. The second-order valence-corrected chi connectivity index (χ2v) is 6.47. The van der Waals surface area contributed by atoms with Gasteiger partial charge in [-0.3, -0.25) is 19.1 Å². The van der Waals surface area contributed by atoms with Crippen LogP contribution in [0, 0.1) is 0 Å². The third-order valence-electron chi connectivity index (χ3n) is 4.52. The molecule has 1 aromatic heterocycles. The number of allylic oxidation sites excluding steroid dienone is 1. The standard InChI is InChI=1S/C22H20N2O6/c1-30-18-13-15(7-9-16(18)25)8-10-17(26)19-20(27)23-22(29)24(21(19)28)12-11-14-5-3-2-4-6-14/h2-10,13,25,28H,11-12H2,1H3,(H,23,27,29). The van der Waals surface area contributed by atoms with E-state index in [2.05, 4.69) is 4.98 Å². The lowest BCUT2D eigenvalue weighted by molar-refractivity contribution is 0.104. The summed E-state index contributed by atoms with van der Waals surface area (Å²) < 4.78 is 5.96. The van der Waals surface area contributed by atoms with E-state index in [9.17, 15) is 24.6 Å². The molecule has 0 bridgehead atoms. The van der Waals surface area contributed by atoms with Crippen LogP contribution in [0.2, 0.25) is 0 Å². The number of phenols is 1. The number of carbonyl (C=O) groups excluding carboxylic acids is 1. The number of nitrogens with zero attached hydrogens (tertiary/aromatic N) is 1. The van der Waals surface area contributed by atoms with Crippen LogP contribution in [0.1, 0.15) is 21.5 Å². The van der Waals surface area contributed by atoms with Crippen LogP contribution in [0.25, 0.3) is 6.08 Å². The number of nitrogens with one attached hydrogen (secondary N) is 1. The van der Waals surface area contributed by atoms with Crippen LogP contribution in [-0.2, 0) is 13.0 Å². The van der Waals surface area contributed by atoms with Gasteiger partial charge in [0.2, 0.25) is 5.88 Å². The summed E-state index contributed by atoms with van der Waals surface area (Å²) in [5.41, 5.74) is -0.816. The SMILES string of the molecule is COc1cc(C=CC(=O)c2c(O)n(CCc3ccccc3)c(=O)[nH]c2=O)ccc1O. The lowest BCUT2D eigenvalue weighted by Crippen LogP contribution is -2.34. The molecule has 3 N–H and O–H groups in total.